The van der Waals surface area contributed by atoms with E-state index in [0.717, 1.165) is 12.1 Å². The van der Waals surface area contributed by atoms with Gasteiger partial charge in [-0.25, -0.2) is 9.97 Å². The molecule has 4 rings (SSSR count). The van der Waals surface area contributed by atoms with Crippen LogP contribution in [0.2, 0.25) is 0 Å². The third kappa shape index (κ3) is 3.19. The summed E-state index contributed by atoms with van der Waals surface area (Å²) in [4.78, 5) is 23.7. The van der Waals surface area contributed by atoms with E-state index in [4.69, 9.17) is 0 Å². The van der Waals surface area contributed by atoms with Crippen LogP contribution in [0.15, 0.2) is 60.9 Å². The maximum absolute atomic E-state index is 11.9. The number of fused-ring (bicyclic) bond motifs is 1. The van der Waals surface area contributed by atoms with Crippen LogP contribution in [0.1, 0.15) is 11.1 Å². The molecule has 7 heteroatoms. The van der Waals surface area contributed by atoms with Crippen molar-refractivity contribution in [2.45, 2.75) is 13.0 Å². The Hall–Kier alpha value is -3.48. The Balaban J connectivity index is 1.75. The monoisotopic (exact) mass is 361 g/mol. The number of nitro groups is 1. The highest BCUT2D eigenvalue weighted by Crippen LogP contribution is 2.38. The van der Waals surface area contributed by atoms with E-state index in [1.54, 1.807) is 11.9 Å². The Bertz CT molecular complexity index is 977. The normalized spacial score (nSPS) is 13.1. The van der Waals surface area contributed by atoms with Crippen molar-refractivity contribution < 1.29 is 4.92 Å². The van der Waals surface area contributed by atoms with Crippen LogP contribution in [0, 0.1) is 10.1 Å². The molecule has 0 fully saturated rings. The number of anilines is 3. The molecule has 7 nitrogen and oxygen atoms in total. The maximum atomic E-state index is 11.9. The number of para-hydroxylation sites is 1. The summed E-state index contributed by atoms with van der Waals surface area (Å²) in [7, 11) is 1.78. The molecule has 0 saturated heterocycles. The van der Waals surface area contributed by atoms with Gasteiger partial charge in [0.2, 0.25) is 11.6 Å². The molecule has 136 valence electrons. The second kappa shape index (κ2) is 7.03. The van der Waals surface area contributed by atoms with Gasteiger partial charge < -0.3 is 9.80 Å². The van der Waals surface area contributed by atoms with Crippen molar-refractivity contribution in [3.63, 3.8) is 0 Å². The summed E-state index contributed by atoms with van der Waals surface area (Å²) >= 11 is 0. The highest BCUT2D eigenvalue weighted by atomic mass is 16.6. The van der Waals surface area contributed by atoms with Crippen LogP contribution in [-0.4, -0.2) is 28.5 Å². The van der Waals surface area contributed by atoms with E-state index in [1.807, 2.05) is 47.4 Å². The van der Waals surface area contributed by atoms with Gasteiger partial charge in [-0.1, -0.05) is 42.5 Å². The Labute approximate surface area is 157 Å². The van der Waals surface area contributed by atoms with Crippen LogP contribution in [0.3, 0.4) is 0 Å². The van der Waals surface area contributed by atoms with E-state index in [0.29, 0.717) is 18.9 Å². The summed E-state index contributed by atoms with van der Waals surface area (Å²) < 4.78 is 0. The van der Waals surface area contributed by atoms with Crippen molar-refractivity contribution in [2.75, 3.05) is 23.4 Å². The van der Waals surface area contributed by atoms with Crippen LogP contribution in [0.5, 0.6) is 0 Å². The maximum Gasteiger partial charge on any atom is 0.353 e. The van der Waals surface area contributed by atoms with Crippen molar-refractivity contribution in [2.24, 2.45) is 0 Å². The predicted molar refractivity (Wildman–Crippen MR) is 104 cm³/mol. The zero-order valence-electron chi connectivity index (χ0n) is 14.9. The van der Waals surface area contributed by atoms with Crippen molar-refractivity contribution in [3.05, 3.63) is 82.2 Å². The topological polar surface area (TPSA) is 75.4 Å². The fourth-order valence-corrected chi connectivity index (χ4v) is 3.45. The van der Waals surface area contributed by atoms with Gasteiger partial charge in [0.1, 0.15) is 6.33 Å². The van der Waals surface area contributed by atoms with Crippen LogP contribution in [0.25, 0.3) is 0 Å². The van der Waals surface area contributed by atoms with Crippen LogP contribution >= 0.6 is 0 Å². The molecule has 27 heavy (non-hydrogen) atoms. The van der Waals surface area contributed by atoms with E-state index in [1.165, 1.54) is 17.5 Å². The smallest absolute Gasteiger partial charge is 0.346 e. The Morgan fingerprint density at radius 2 is 1.74 bits per heavy atom. The Morgan fingerprint density at radius 1 is 1.04 bits per heavy atom. The minimum atomic E-state index is -0.384. The number of hydrogen-bond donors (Lipinski definition) is 0. The largest absolute Gasteiger partial charge is 0.353 e. The summed E-state index contributed by atoms with van der Waals surface area (Å²) in [5, 5.41) is 11.9. The average molecular weight is 361 g/mol. The average Bonchev–Trinajstić information content (AvgIpc) is 2.73. The van der Waals surface area contributed by atoms with Crippen molar-refractivity contribution >= 4 is 23.0 Å². The second-order valence-electron chi connectivity index (χ2n) is 6.46. The minimum absolute atomic E-state index is 0.0664. The lowest BCUT2D eigenvalue weighted by Crippen LogP contribution is -2.32. The molecule has 0 amide bonds. The summed E-state index contributed by atoms with van der Waals surface area (Å²) in [6, 6.07) is 17.7. The quantitative estimate of drug-likeness (QED) is 0.521. The minimum Gasteiger partial charge on any atom is -0.346 e. The molecule has 2 aromatic carbocycles. The first-order valence-electron chi connectivity index (χ1n) is 8.75. The molecule has 2 heterocycles. The number of hydrogen-bond acceptors (Lipinski definition) is 6. The van der Waals surface area contributed by atoms with Gasteiger partial charge in [0, 0.05) is 25.8 Å². The van der Waals surface area contributed by atoms with Crippen molar-refractivity contribution in [1.82, 2.24) is 9.97 Å². The van der Waals surface area contributed by atoms with E-state index in [2.05, 4.69) is 22.1 Å². The number of aromatic nitrogens is 2. The van der Waals surface area contributed by atoms with Crippen molar-refractivity contribution in [1.29, 1.82) is 0 Å². The summed E-state index contributed by atoms with van der Waals surface area (Å²) in [6.07, 6.45) is 2.23. The van der Waals surface area contributed by atoms with Crippen LogP contribution in [0.4, 0.5) is 23.0 Å². The Kier molecular flexibility index (Phi) is 4.42. The van der Waals surface area contributed by atoms with E-state index >= 15 is 0 Å². The molecule has 3 aromatic rings. The molecular formula is C20H19N5O2. The van der Waals surface area contributed by atoms with Gasteiger partial charge in [0.05, 0.1) is 4.92 Å². The highest BCUT2D eigenvalue weighted by molar-refractivity contribution is 5.76. The zero-order chi connectivity index (χ0) is 18.8. The number of benzene rings is 2. The summed E-state index contributed by atoms with van der Waals surface area (Å²) in [5.41, 5.74) is 3.22. The molecular weight excluding hydrogens is 342 g/mol. The summed E-state index contributed by atoms with van der Waals surface area (Å²) in [6.45, 7) is 1.28. The standard InChI is InChI=1S/C20H19N5O2/c1-23(17-9-3-2-4-10-17)19-18(25(26)27)20(22-14-21-19)24-12-11-15-7-5-6-8-16(15)13-24/h2-10,14H,11-13H2,1H3. The molecule has 0 atom stereocenters. The van der Waals surface area contributed by atoms with Gasteiger partial charge in [-0.2, -0.15) is 0 Å². The van der Waals surface area contributed by atoms with Crippen LogP contribution < -0.4 is 9.80 Å². The molecule has 0 bridgehead atoms. The third-order valence-electron chi connectivity index (χ3n) is 4.86. The first-order chi connectivity index (χ1) is 13.1. The predicted octanol–water partition coefficient (Wildman–Crippen LogP) is 3.72. The molecule has 0 unspecified atom stereocenters. The lowest BCUT2D eigenvalue weighted by molar-refractivity contribution is -0.383. The molecule has 0 spiro atoms. The van der Waals surface area contributed by atoms with Gasteiger partial charge in [-0.15, -0.1) is 0 Å². The first kappa shape index (κ1) is 17.0. The summed E-state index contributed by atoms with van der Waals surface area (Å²) in [5.74, 6) is 0.650. The molecule has 1 aliphatic heterocycles. The molecule has 0 N–H and O–H groups in total. The van der Waals surface area contributed by atoms with Crippen molar-refractivity contribution in [3.8, 4) is 0 Å². The first-order valence-corrected chi connectivity index (χ1v) is 8.75. The van der Waals surface area contributed by atoms with Gasteiger partial charge in [-0.05, 0) is 29.7 Å². The van der Waals surface area contributed by atoms with Gasteiger partial charge in [0.15, 0.2) is 0 Å². The number of nitrogens with zero attached hydrogens (tertiary/aromatic N) is 5. The SMILES string of the molecule is CN(c1ccccc1)c1ncnc(N2CCc3ccccc3C2)c1[N+](=O)[O-]. The van der Waals surface area contributed by atoms with Gasteiger partial charge in [-0.3, -0.25) is 10.1 Å². The van der Waals surface area contributed by atoms with E-state index in [-0.39, 0.29) is 16.4 Å². The molecule has 1 aliphatic rings. The lowest BCUT2D eigenvalue weighted by Gasteiger charge is -2.30. The molecule has 0 radical (unpaired) electrons. The van der Waals surface area contributed by atoms with Gasteiger partial charge >= 0.3 is 5.69 Å². The third-order valence-corrected chi connectivity index (χ3v) is 4.86. The fraction of sp³-hybridized carbons (Fsp3) is 0.200. The van der Waals surface area contributed by atoms with Crippen LogP contribution in [-0.2, 0) is 13.0 Å². The van der Waals surface area contributed by atoms with E-state index < -0.39 is 0 Å². The Morgan fingerprint density at radius 3 is 2.48 bits per heavy atom. The lowest BCUT2D eigenvalue weighted by atomic mass is 10.00. The second-order valence-corrected chi connectivity index (χ2v) is 6.46. The fourth-order valence-electron chi connectivity index (χ4n) is 3.45. The number of rotatable bonds is 4. The molecule has 0 saturated carbocycles. The zero-order valence-corrected chi connectivity index (χ0v) is 14.9. The molecule has 1 aromatic heterocycles. The molecule has 0 aliphatic carbocycles. The van der Waals surface area contributed by atoms with E-state index in [9.17, 15) is 10.1 Å². The van der Waals surface area contributed by atoms with Gasteiger partial charge in [0.25, 0.3) is 0 Å². The highest BCUT2D eigenvalue weighted by Gasteiger charge is 2.30.